The largest absolute Gasteiger partial charge is 0.491 e. The van der Waals surface area contributed by atoms with Crippen LogP contribution in [0.3, 0.4) is 0 Å². The van der Waals surface area contributed by atoms with E-state index in [-0.39, 0.29) is 17.8 Å². The van der Waals surface area contributed by atoms with Gasteiger partial charge in [0.2, 0.25) is 5.79 Å². The average Bonchev–Trinajstić information content (AvgIpc) is 3.89. The summed E-state index contributed by atoms with van der Waals surface area (Å²) in [6, 6.07) is 26.7. The van der Waals surface area contributed by atoms with E-state index in [1.807, 2.05) is 48.1 Å². The van der Waals surface area contributed by atoms with Gasteiger partial charge in [-0.05, 0) is 74.9 Å². The highest BCUT2D eigenvalue weighted by Gasteiger charge is 2.44. The molecule has 0 radical (unpaired) electrons. The molecule has 1 unspecified atom stereocenters. The summed E-state index contributed by atoms with van der Waals surface area (Å²) in [5.74, 6) is -0.117. The Morgan fingerprint density at radius 1 is 0.896 bits per heavy atom. The molecule has 3 aromatic carbocycles. The minimum atomic E-state index is -0.918. The second-order valence-corrected chi connectivity index (χ2v) is 12.7. The van der Waals surface area contributed by atoms with Crippen molar-refractivity contribution in [1.82, 2.24) is 24.1 Å². The van der Waals surface area contributed by atoms with Gasteiger partial charge in [0, 0.05) is 55.5 Å². The molecule has 0 saturated carbocycles. The highest BCUT2D eigenvalue weighted by molar-refractivity contribution is 5.54. The molecule has 3 atom stereocenters. The van der Waals surface area contributed by atoms with E-state index in [0.29, 0.717) is 19.8 Å². The first-order chi connectivity index (χ1) is 23.4. The van der Waals surface area contributed by atoms with Crippen LogP contribution in [0.15, 0.2) is 102 Å². The van der Waals surface area contributed by atoms with E-state index in [0.717, 1.165) is 55.3 Å². The lowest BCUT2D eigenvalue weighted by atomic mass is 10.0. The standard InChI is InChI=1S/C37H43N7O4/c1-4-29(3)44-36(45)43(27-39-44)33-12-10-31(11-13-33)40-20-22-41(23-21-40)32-14-16-34(17-15-32)46-24-35-25-47-37(48-35,26-42-19-5-18-38-42)30-8-6-28(2)7-9-30/h5-19,27,29,35H,4,20-26H2,1-3H3/t29?,35-,37-/m1/s1. The Hall–Kier alpha value is -4.87. The lowest BCUT2D eigenvalue weighted by Crippen LogP contribution is -2.46. The van der Waals surface area contributed by atoms with Gasteiger partial charge in [-0.3, -0.25) is 4.68 Å². The zero-order chi connectivity index (χ0) is 33.1. The fourth-order valence-corrected chi connectivity index (χ4v) is 6.35. The fourth-order valence-electron chi connectivity index (χ4n) is 6.35. The Labute approximate surface area is 280 Å². The van der Waals surface area contributed by atoms with Gasteiger partial charge in [0.25, 0.3) is 0 Å². The van der Waals surface area contributed by atoms with Gasteiger partial charge in [0.05, 0.1) is 24.9 Å². The minimum absolute atomic E-state index is 0.0734. The van der Waals surface area contributed by atoms with Crippen molar-refractivity contribution in [2.24, 2.45) is 0 Å². The smallest absolute Gasteiger partial charge is 0.350 e. The Balaban J connectivity index is 0.916. The number of anilines is 2. The molecule has 0 N–H and O–H groups in total. The van der Waals surface area contributed by atoms with E-state index in [1.54, 1.807) is 21.8 Å². The van der Waals surface area contributed by atoms with E-state index in [9.17, 15) is 4.79 Å². The van der Waals surface area contributed by atoms with Gasteiger partial charge in [-0.15, -0.1) is 0 Å². The van der Waals surface area contributed by atoms with Crippen LogP contribution in [0.5, 0.6) is 5.75 Å². The van der Waals surface area contributed by atoms with Crippen LogP contribution >= 0.6 is 0 Å². The van der Waals surface area contributed by atoms with Crippen molar-refractivity contribution in [3.05, 3.63) is 119 Å². The number of benzene rings is 3. The second kappa shape index (κ2) is 13.7. The summed E-state index contributed by atoms with van der Waals surface area (Å²) in [5.41, 5.74) is 5.19. The topological polar surface area (TPSA) is 91.8 Å². The maximum absolute atomic E-state index is 12.8. The molecule has 2 aliphatic heterocycles. The fraction of sp³-hybridized carbons (Fsp3) is 0.378. The number of ether oxygens (including phenoxy) is 3. The van der Waals surface area contributed by atoms with Crippen molar-refractivity contribution in [2.75, 3.05) is 49.2 Å². The number of hydrogen-bond acceptors (Lipinski definition) is 8. The number of nitrogens with zero attached hydrogens (tertiary/aromatic N) is 7. The number of hydrogen-bond donors (Lipinski definition) is 0. The zero-order valence-corrected chi connectivity index (χ0v) is 27.8. The normalized spacial score (nSPS) is 20.3. The van der Waals surface area contributed by atoms with Crippen LogP contribution in [0.1, 0.15) is 37.4 Å². The van der Waals surface area contributed by atoms with Crippen LogP contribution in [0.25, 0.3) is 5.69 Å². The highest BCUT2D eigenvalue weighted by atomic mass is 16.8. The third-order valence-corrected chi connectivity index (χ3v) is 9.39. The molecule has 11 nitrogen and oxygen atoms in total. The maximum Gasteiger partial charge on any atom is 0.350 e. The Bertz CT molecular complexity index is 1830. The van der Waals surface area contributed by atoms with Gasteiger partial charge in [-0.1, -0.05) is 36.8 Å². The lowest BCUT2D eigenvalue weighted by Gasteiger charge is -2.37. The van der Waals surface area contributed by atoms with Gasteiger partial charge in [0.1, 0.15) is 24.8 Å². The molecule has 0 aliphatic carbocycles. The molecule has 0 bridgehead atoms. The molecular weight excluding hydrogens is 606 g/mol. The van der Waals surface area contributed by atoms with E-state index in [4.69, 9.17) is 14.2 Å². The first-order valence-electron chi connectivity index (χ1n) is 16.8. The van der Waals surface area contributed by atoms with E-state index in [1.165, 1.54) is 11.3 Å². The van der Waals surface area contributed by atoms with Crippen molar-refractivity contribution in [3.63, 3.8) is 0 Å². The summed E-state index contributed by atoms with van der Waals surface area (Å²) in [6.07, 6.45) is 5.93. The van der Waals surface area contributed by atoms with Gasteiger partial charge in [-0.25, -0.2) is 14.0 Å². The molecule has 48 heavy (non-hydrogen) atoms. The molecule has 2 aliphatic rings. The molecule has 250 valence electrons. The predicted molar refractivity (Wildman–Crippen MR) is 185 cm³/mol. The van der Waals surface area contributed by atoms with Crippen molar-refractivity contribution < 1.29 is 14.2 Å². The van der Waals surface area contributed by atoms with Crippen LogP contribution in [0.4, 0.5) is 11.4 Å². The molecule has 0 amide bonds. The number of aromatic nitrogens is 5. The van der Waals surface area contributed by atoms with Crippen LogP contribution < -0.4 is 20.2 Å². The lowest BCUT2D eigenvalue weighted by molar-refractivity contribution is -0.190. The summed E-state index contributed by atoms with van der Waals surface area (Å²) in [6.45, 7) is 11.0. The summed E-state index contributed by atoms with van der Waals surface area (Å²) in [4.78, 5) is 17.6. The molecule has 2 saturated heterocycles. The van der Waals surface area contributed by atoms with Crippen molar-refractivity contribution in [1.29, 1.82) is 0 Å². The monoisotopic (exact) mass is 649 g/mol. The minimum Gasteiger partial charge on any atom is -0.491 e. The number of piperazine rings is 1. The molecule has 5 aromatic rings. The van der Waals surface area contributed by atoms with Crippen LogP contribution in [0.2, 0.25) is 0 Å². The van der Waals surface area contributed by atoms with E-state index < -0.39 is 5.79 Å². The van der Waals surface area contributed by atoms with E-state index >= 15 is 0 Å². The SMILES string of the molecule is CCC(C)n1ncn(-c2ccc(N3CCN(c4ccc(OC[C@@H]5CO[C@@](Cn6cccn6)(c6ccc(C)cc6)O5)cc4)CC3)cc2)c1=O. The molecule has 0 spiro atoms. The third-order valence-electron chi connectivity index (χ3n) is 9.39. The molecule has 2 fully saturated rings. The third kappa shape index (κ3) is 6.61. The molecular formula is C37H43N7O4. The zero-order valence-electron chi connectivity index (χ0n) is 27.8. The summed E-state index contributed by atoms with van der Waals surface area (Å²) >= 11 is 0. The molecule has 11 heteroatoms. The highest BCUT2D eigenvalue weighted by Crippen LogP contribution is 2.36. The maximum atomic E-state index is 12.8. The Kier molecular flexibility index (Phi) is 9.05. The van der Waals surface area contributed by atoms with Crippen molar-refractivity contribution >= 4 is 11.4 Å². The van der Waals surface area contributed by atoms with E-state index in [2.05, 4.69) is 82.4 Å². The summed E-state index contributed by atoms with van der Waals surface area (Å²) in [5, 5.41) is 8.69. The first-order valence-corrected chi connectivity index (χ1v) is 16.8. The van der Waals surface area contributed by atoms with Gasteiger partial charge < -0.3 is 24.0 Å². The molecule has 4 heterocycles. The first kappa shape index (κ1) is 31.7. The van der Waals surface area contributed by atoms with Crippen molar-refractivity contribution in [3.8, 4) is 11.4 Å². The van der Waals surface area contributed by atoms with Gasteiger partial charge >= 0.3 is 5.69 Å². The second-order valence-electron chi connectivity index (χ2n) is 12.7. The van der Waals surface area contributed by atoms with Crippen LogP contribution in [0, 0.1) is 6.92 Å². The molecule has 2 aromatic heterocycles. The molecule has 7 rings (SSSR count). The number of aryl methyl sites for hydroxylation is 1. The summed E-state index contributed by atoms with van der Waals surface area (Å²) in [7, 11) is 0. The summed E-state index contributed by atoms with van der Waals surface area (Å²) < 4.78 is 24.0. The average molecular weight is 650 g/mol. The predicted octanol–water partition coefficient (Wildman–Crippen LogP) is 5.18. The van der Waals surface area contributed by atoms with Gasteiger partial charge in [0.15, 0.2) is 0 Å². The Morgan fingerprint density at radius 3 is 2.17 bits per heavy atom. The van der Waals surface area contributed by atoms with Crippen molar-refractivity contribution in [2.45, 2.75) is 51.7 Å². The van der Waals surface area contributed by atoms with Crippen LogP contribution in [-0.2, 0) is 21.8 Å². The number of rotatable bonds is 11. The van der Waals surface area contributed by atoms with Gasteiger partial charge in [-0.2, -0.15) is 10.2 Å². The quantitative estimate of drug-likeness (QED) is 0.193. The Morgan fingerprint density at radius 2 is 1.54 bits per heavy atom. The van der Waals surface area contributed by atoms with Crippen LogP contribution in [-0.4, -0.2) is 69.6 Å².